The third kappa shape index (κ3) is 4.51. The van der Waals surface area contributed by atoms with Crippen molar-refractivity contribution in [2.45, 2.75) is 6.04 Å². The number of piperazine rings is 1. The van der Waals surface area contributed by atoms with Gasteiger partial charge in [-0.15, -0.1) is 0 Å². The zero-order valence-electron chi connectivity index (χ0n) is 18.0. The number of hydrogen-bond donors (Lipinski definition) is 2. The van der Waals surface area contributed by atoms with Gasteiger partial charge in [0.1, 0.15) is 17.6 Å². The maximum atomic E-state index is 9.96. The first-order chi connectivity index (χ1) is 15.2. The lowest BCUT2D eigenvalue weighted by molar-refractivity contribution is 0.0668. The smallest absolute Gasteiger partial charge is 0.161 e. The first kappa shape index (κ1) is 20.2. The van der Waals surface area contributed by atoms with Gasteiger partial charge >= 0.3 is 0 Å². The summed E-state index contributed by atoms with van der Waals surface area (Å²) < 4.78 is 5.55. The number of phenols is 1. The first-order valence-electron chi connectivity index (χ1n) is 11.0. The van der Waals surface area contributed by atoms with Crippen molar-refractivity contribution in [3.05, 3.63) is 53.4 Å². The third-order valence-corrected chi connectivity index (χ3v) is 6.22. The minimum absolute atomic E-state index is 0.0598. The fourth-order valence-corrected chi connectivity index (χ4v) is 4.39. The molecule has 0 aliphatic carbocycles. The standard InChI is InChI=1S/C23H30N6O2/c1-27-5-7-28(8-6-27)16-17-13-20-21(24-15-17)23(29-9-11-31-12-10-29)26-22(25-20)18-3-2-4-19(30)14-18/h2-4,13-15,21,24,30H,5-12,16H2,1H3. The highest BCUT2D eigenvalue weighted by molar-refractivity contribution is 6.11. The predicted octanol–water partition coefficient (Wildman–Crippen LogP) is 0.870. The molecule has 4 aliphatic heterocycles. The molecule has 1 aromatic carbocycles. The summed E-state index contributed by atoms with van der Waals surface area (Å²) in [6, 6.07) is 7.10. The Balaban J connectivity index is 1.43. The summed E-state index contributed by atoms with van der Waals surface area (Å²) in [7, 11) is 2.18. The number of nitrogens with one attached hydrogen (secondary N) is 1. The molecular formula is C23H30N6O2. The number of rotatable bonds is 3. The molecule has 0 radical (unpaired) electrons. The first-order valence-corrected chi connectivity index (χ1v) is 11.0. The lowest BCUT2D eigenvalue weighted by atomic mass is 10.0. The van der Waals surface area contributed by atoms with Gasteiger partial charge < -0.3 is 25.0 Å². The average molecular weight is 423 g/mol. The normalized spacial score (nSPS) is 25.1. The fourth-order valence-electron chi connectivity index (χ4n) is 4.39. The molecule has 1 atom stereocenters. The molecule has 0 saturated carbocycles. The summed E-state index contributed by atoms with van der Waals surface area (Å²) in [5.74, 6) is 1.83. The lowest BCUT2D eigenvalue weighted by Gasteiger charge is -2.37. The van der Waals surface area contributed by atoms with Gasteiger partial charge in [-0.3, -0.25) is 4.90 Å². The van der Waals surface area contributed by atoms with Crippen LogP contribution in [0.15, 0.2) is 57.8 Å². The maximum absolute atomic E-state index is 9.96. The topological polar surface area (TPSA) is 75.9 Å². The van der Waals surface area contributed by atoms with E-state index < -0.39 is 0 Å². The van der Waals surface area contributed by atoms with E-state index in [0.29, 0.717) is 19.0 Å². The van der Waals surface area contributed by atoms with E-state index in [9.17, 15) is 5.11 Å². The van der Waals surface area contributed by atoms with Crippen molar-refractivity contribution >= 4 is 11.7 Å². The van der Waals surface area contributed by atoms with Gasteiger partial charge in [0.15, 0.2) is 5.84 Å². The van der Waals surface area contributed by atoms with Crippen molar-refractivity contribution in [2.24, 2.45) is 9.98 Å². The van der Waals surface area contributed by atoms with Crippen molar-refractivity contribution in [2.75, 3.05) is 66.1 Å². The predicted molar refractivity (Wildman–Crippen MR) is 121 cm³/mol. The van der Waals surface area contributed by atoms with Crippen LogP contribution in [-0.4, -0.2) is 104 Å². The van der Waals surface area contributed by atoms with Gasteiger partial charge in [0.2, 0.25) is 0 Å². The average Bonchev–Trinajstić information content (AvgIpc) is 2.80. The number of phenolic OH excluding ortho intramolecular Hbond substituents is 1. The monoisotopic (exact) mass is 422 g/mol. The Morgan fingerprint density at radius 2 is 1.90 bits per heavy atom. The molecule has 4 aliphatic rings. The van der Waals surface area contributed by atoms with Crippen LogP contribution in [0.2, 0.25) is 0 Å². The van der Waals surface area contributed by atoms with Gasteiger partial charge in [0, 0.05) is 57.6 Å². The van der Waals surface area contributed by atoms with Gasteiger partial charge in [0.25, 0.3) is 0 Å². The lowest BCUT2D eigenvalue weighted by Crippen LogP contribution is -2.52. The number of ether oxygens (including phenoxy) is 1. The Bertz CT molecular complexity index is 939. The van der Waals surface area contributed by atoms with Gasteiger partial charge in [-0.25, -0.2) is 9.98 Å². The minimum Gasteiger partial charge on any atom is -0.508 e. The quantitative estimate of drug-likeness (QED) is 0.753. The van der Waals surface area contributed by atoms with E-state index >= 15 is 0 Å². The summed E-state index contributed by atoms with van der Waals surface area (Å²) >= 11 is 0. The van der Waals surface area contributed by atoms with Crippen LogP contribution in [0.1, 0.15) is 5.56 Å². The molecule has 1 unspecified atom stereocenters. The summed E-state index contributed by atoms with van der Waals surface area (Å²) in [4.78, 5) is 17.0. The van der Waals surface area contributed by atoms with E-state index in [2.05, 4.69) is 39.3 Å². The SMILES string of the molecule is CN1CCN(CC2=CNC3C(=C2)N=C(c2cccc(O)c2)N=C3N2CCOCC2)CC1. The van der Waals surface area contributed by atoms with Crippen LogP contribution in [0.4, 0.5) is 0 Å². The molecule has 2 saturated heterocycles. The molecular weight excluding hydrogens is 392 g/mol. The molecule has 2 fully saturated rings. The van der Waals surface area contributed by atoms with Crippen LogP contribution in [0.3, 0.4) is 0 Å². The summed E-state index contributed by atoms with van der Waals surface area (Å²) in [6.45, 7) is 8.32. The van der Waals surface area contributed by atoms with E-state index in [4.69, 9.17) is 14.7 Å². The maximum Gasteiger partial charge on any atom is 0.161 e. The highest BCUT2D eigenvalue weighted by Gasteiger charge is 2.32. The number of amidine groups is 2. The Morgan fingerprint density at radius 3 is 2.68 bits per heavy atom. The van der Waals surface area contributed by atoms with Crippen molar-refractivity contribution in [1.82, 2.24) is 20.0 Å². The second-order valence-corrected chi connectivity index (χ2v) is 8.52. The minimum atomic E-state index is -0.0598. The van der Waals surface area contributed by atoms with Crippen molar-refractivity contribution in [1.29, 1.82) is 0 Å². The third-order valence-electron chi connectivity index (χ3n) is 6.22. The molecule has 8 heteroatoms. The number of aromatic hydroxyl groups is 1. The molecule has 5 rings (SSSR count). The summed E-state index contributed by atoms with van der Waals surface area (Å²) in [5.41, 5.74) is 3.03. The Morgan fingerprint density at radius 1 is 1.10 bits per heavy atom. The second-order valence-electron chi connectivity index (χ2n) is 8.52. The number of likely N-dealkylation sites (N-methyl/N-ethyl adjacent to an activating group) is 1. The summed E-state index contributed by atoms with van der Waals surface area (Å²) in [6.07, 6.45) is 4.33. The number of aliphatic imine (C=N–C) groups is 2. The second kappa shape index (κ2) is 8.82. The Hall–Kier alpha value is -2.68. The Labute approximate surface area is 183 Å². The number of hydrogen-bond acceptors (Lipinski definition) is 8. The van der Waals surface area contributed by atoms with Crippen LogP contribution < -0.4 is 5.32 Å². The highest BCUT2D eigenvalue weighted by atomic mass is 16.5. The molecule has 8 nitrogen and oxygen atoms in total. The van der Waals surface area contributed by atoms with Crippen molar-refractivity contribution in [3.8, 4) is 5.75 Å². The van der Waals surface area contributed by atoms with Crippen LogP contribution in [-0.2, 0) is 4.74 Å². The zero-order chi connectivity index (χ0) is 21.2. The number of morpholine rings is 1. The van der Waals surface area contributed by atoms with E-state index in [1.165, 1.54) is 5.57 Å². The van der Waals surface area contributed by atoms with Crippen molar-refractivity contribution in [3.63, 3.8) is 0 Å². The molecule has 0 amide bonds. The highest BCUT2D eigenvalue weighted by Crippen LogP contribution is 2.25. The van der Waals surface area contributed by atoms with Crippen molar-refractivity contribution < 1.29 is 9.84 Å². The number of dihydropyridines is 1. The van der Waals surface area contributed by atoms with E-state index in [1.807, 2.05) is 12.1 Å². The molecule has 4 heterocycles. The number of nitrogens with zero attached hydrogens (tertiary/aromatic N) is 5. The van der Waals surface area contributed by atoms with Crippen LogP contribution in [0.5, 0.6) is 5.75 Å². The van der Waals surface area contributed by atoms with Crippen LogP contribution in [0, 0.1) is 0 Å². The van der Waals surface area contributed by atoms with Gasteiger partial charge in [-0.2, -0.15) is 0 Å². The molecule has 0 bridgehead atoms. The number of benzene rings is 1. The molecule has 0 spiro atoms. The van der Waals surface area contributed by atoms with E-state index in [-0.39, 0.29) is 11.8 Å². The van der Waals surface area contributed by atoms with E-state index in [1.54, 1.807) is 12.1 Å². The van der Waals surface area contributed by atoms with Crippen LogP contribution >= 0.6 is 0 Å². The largest absolute Gasteiger partial charge is 0.508 e. The van der Waals surface area contributed by atoms with Crippen LogP contribution in [0.25, 0.3) is 0 Å². The molecule has 1 aromatic rings. The van der Waals surface area contributed by atoms with Gasteiger partial charge in [-0.05, 0) is 30.8 Å². The van der Waals surface area contributed by atoms with E-state index in [0.717, 1.165) is 62.9 Å². The zero-order valence-corrected chi connectivity index (χ0v) is 18.0. The molecule has 0 aromatic heterocycles. The number of fused-ring (bicyclic) bond motifs is 1. The Kier molecular flexibility index (Phi) is 5.76. The molecule has 164 valence electrons. The van der Waals surface area contributed by atoms with Gasteiger partial charge in [0.05, 0.1) is 18.9 Å². The molecule has 31 heavy (non-hydrogen) atoms. The summed E-state index contributed by atoms with van der Waals surface area (Å²) in [5, 5.41) is 13.5. The van der Waals surface area contributed by atoms with Gasteiger partial charge in [-0.1, -0.05) is 12.1 Å². The fraction of sp³-hybridized carbons (Fsp3) is 0.478. The molecule has 2 N–H and O–H groups in total.